The highest BCUT2D eigenvalue weighted by Gasteiger charge is 2.12. The Bertz CT molecular complexity index is 605. The normalized spacial score (nSPS) is 10.3. The van der Waals surface area contributed by atoms with Gasteiger partial charge in [0, 0.05) is 18.0 Å². The molecular weight excluding hydrogens is 232 g/mol. The molecule has 0 amide bonds. The summed E-state index contributed by atoms with van der Waals surface area (Å²) < 4.78 is 6.09. The highest BCUT2D eigenvalue weighted by molar-refractivity contribution is 7.71. The van der Waals surface area contributed by atoms with Crippen molar-refractivity contribution in [1.29, 1.82) is 0 Å². The van der Waals surface area contributed by atoms with Crippen molar-refractivity contribution in [2.24, 2.45) is 0 Å². The van der Waals surface area contributed by atoms with Gasteiger partial charge >= 0.3 is 0 Å². The average molecular weight is 246 g/mol. The van der Waals surface area contributed by atoms with Crippen LogP contribution in [0.25, 0.3) is 11.3 Å². The third-order valence-corrected chi connectivity index (χ3v) is 3.15. The number of hydrogen-bond acceptors (Lipinski definition) is 3. The lowest BCUT2D eigenvalue weighted by molar-refractivity contribution is 0.413. The van der Waals surface area contributed by atoms with Crippen LogP contribution in [0.1, 0.15) is 11.1 Å². The summed E-state index contributed by atoms with van der Waals surface area (Å²) in [6.07, 6.45) is 3.42. The fourth-order valence-electron chi connectivity index (χ4n) is 1.78. The molecule has 1 aromatic heterocycles. The Balaban J connectivity index is 2.73. The van der Waals surface area contributed by atoms with Gasteiger partial charge in [-0.15, -0.1) is 0 Å². The number of nitrogens with one attached hydrogen (secondary N) is 1. The molecule has 0 aliphatic heterocycles. The molecule has 0 radical (unpaired) electrons. The molecule has 1 heterocycles. The molecule has 0 fully saturated rings. The molecule has 0 aliphatic rings. The van der Waals surface area contributed by atoms with E-state index in [2.05, 4.69) is 23.0 Å². The molecule has 3 nitrogen and oxygen atoms in total. The number of hydrogen-bond donors (Lipinski definition) is 1. The van der Waals surface area contributed by atoms with Gasteiger partial charge in [-0.3, -0.25) is 4.98 Å². The Kier molecular flexibility index (Phi) is 3.24. The predicted octanol–water partition coefficient (Wildman–Crippen LogP) is 3.43. The highest BCUT2D eigenvalue weighted by Crippen LogP contribution is 2.33. The molecule has 0 spiro atoms. The molecule has 0 bridgehead atoms. The van der Waals surface area contributed by atoms with Crippen LogP contribution in [-0.4, -0.2) is 17.1 Å². The van der Waals surface area contributed by atoms with Crippen molar-refractivity contribution in [3.05, 3.63) is 40.3 Å². The zero-order valence-electron chi connectivity index (χ0n) is 10.1. The van der Waals surface area contributed by atoms with Gasteiger partial charge < -0.3 is 9.72 Å². The SMILES string of the molecule is COc1c(-c2ncc[nH]c2=S)ccc(C)c1C. The number of ether oxygens (including phenoxy) is 1. The molecule has 0 atom stereocenters. The van der Waals surface area contributed by atoms with E-state index in [4.69, 9.17) is 17.0 Å². The highest BCUT2D eigenvalue weighted by atomic mass is 32.1. The van der Waals surface area contributed by atoms with Crippen molar-refractivity contribution in [3.63, 3.8) is 0 Å². The van der Waals surface area contributed by atoms with Gasteiger partial charge in [0.1, 0.15) is 16.1 Å². The van der Waals surface area contributed by atoms with Gasteiger partial charge in [0.25, 0.3) is 0 Å². The minimum atomic E-state index is 0.619. The van der Waals surface area contributed by atoms with Crippen LogP contribution in [0.5, 0.6) is 5.75 Å². The van der Waals surface area contributed by atoms with E-state index in [0.717, 1.165) is 22.6 Å². The predicted molar refractivity (Wildman–Crippen MR) is 70.9 cm³/mol. The van der Waals surface area contributed by atoms with E-state index < -0.39 is 0 Å². The first-order valence-corrected chi connectivity index (χ1v) is 5.74. The minimum absolute atomic E-state index is 0.619. The zero-order valence-corrected chi connectivity index (χ0v) is 10.9. The Morgan fingerprint density at radius 1 is 1.29 bits per heavy atom. The Labute approximate surface area is 105 Å². The maximum absolute atomic E-state index is 5.47. The molecule has 1 aromatic carbocycles. The average Bonchev–Trinajstić information content (AvgIpc) is 2.33. The zero-order chi connectivity index (χ0) is 12.4. The molecule has 0 saturated carbocycles. The number of aryl methyl sites for hydroxylation is 1. The van der Waals surface area contributed by atoms with Gasteiger partial charge in [0.15, 0.2) is 0 Å². The number of aromatic nitrogens is 2. The van der Waals surface area contributed by atoms with Gasteiger partial charge in [0.05, 0.1) is 7.11 Å². The van der Waals surface area contributed by atoms with Crippen LogP contribution in [0.2, 0.25) is 0 Å². The van der Waals surface area contributed by atoms with Gasteiger partial charge in [0.2, 0.25) is 0 Å². The van der Waals surface area contributed by atoms with E-state index in [1.54, 1.807) is 19.5 Å². The van der Waals surface area contributed by atoms with Crippen LogP contribution in [0, 0.1) is 18.5 Å². The van der Waals surface area contributed by atoms with Crippen LogP contribution in [0.4, 0.5) is 0 Å². The maximum Gasteiger partial charge on any atom is 0.131 e. The van der Waals surface area contributed by atoms with Gasteiger partial charge in [-0.25, -0.2) is 0 Å². The minimum Gasteiger partial charge on any atom is -0.496 e. The van der Waals surface area contributed by atoms with Crippen LogP contribution >= 0.6 is 12.2 Å². The Morgan fingerprint density at radius 3 is 2.71 bits per heavy atom. The first-order chi connectivity index (χ1) is 8.15. The number of methoxy groups -OCH3 is 1. The van der Waals surface area contributed by atoms with Crippen LogP contribution in [-0.2, 0) is 0 Å². The number of aromatic amines is 1. The number of benzene rings is 1. The quantitative estimate of drug-likeness (QED) is 0.825. The summed E-state index contributed by atoms with van der Waals surface area (Å²) in [7, 11) is 1.67. The van der Waals surface area contributed by atoms with Gasteiger partial charge in [-0.1, -0.05) is 18.3 Å². The van der Waals surface area contributed by atoms with Crippen molar-refractivity contribution < 1.29 is 4.74 Å². The van der Waals surface area contributed by atoms with E-state index in [0.29, 0.717) is 4.64 Å². The number of nitrogens with zero attached hydrogens (tertiary/aromatic N) is 1. The van der Waals surface area contributed by atoms with E-state index in [9.17, 15) is 0 Å². The Morgan fingerprint density at radius 2 is 2.06 bits per heavy atom. The lowest BCUT2D eigenvalue weighted by Gasteiger charge is -2.12. The fourth-order valence-corrected chi connectivity index (χ4v) is 2.01. The molecule has 1 N–H and O–H groups in total. The molecule has 17 heavy (non-hydrogen) atoms. The first kappa shape index (κ1) is 11.8. The van der Waals surface area contributed by atoms with E-state index in [1.165, 1.54) is 5.56 Å². The monoisotopic (exact) mass is 246 g/mol. The van der Waals surface area contributed by atoms with E-state index >= 15 is 0 Å². The summed E-state index contributed by atoms with van der Waals surface area (Å²) in [6, 6.07) is 4.05. The fraction of sp³-hybridized carbons (Fsp3) is 0.231. The maximum atomic E-state index is 5.47. The molecule has 2 aromatic rings. The van der Waals surface area contributed by atoms with E-state index in [1.807, 2.05) is 13.0 Å². The van der Waals surface area contributed by atoms with Crippen LogP contribution in [0.3, 0.4) is 0 Å². The van der Waals surface area contributed by atoms with Crippen molar-refractivity contribution >= 4 is 12.2 Å². The molecule has 4 heteroatoms. The molecule has 88 valence electrons. The summed E-state index contributed by atoms with van der Waals surface area (Å²) >= 11 is 5.24. The third kappa shape index (κ3) is 2.08. The molecule has 0 unspecified atom stereocenters. The largest absolute Gasteiger partial charge is 0.496 e. The van der Waals surface area contributed by atoms with Crippen LogP contribution in [0.15, 0.2) is 24.5 Å². The van der Waals surface area contributed by atoms with Crippen molar-refractivity contribution in [2.45, 2.75) is 13.8 Å². The lowest BCUT2D eigenvalue weighted by Crippen LogP contribution is -1.96. The van der Waals surface area contributed by atoms with Crippen LogP contribution < -0.4 is 4.74 Å². The van der Waals surface area contributed by atoms with Gasteiger partial charge in [-0.05, 0) is 31.0 Å². The first-order valence-electron chi connectivity index (χ1n) is 5.33. The van der Waals surface area contributed by atoms with Crippen molar-refractivity contribution in [2.75, 3.05) is 7.11 Å². The molecular formula is C13H14N2OS. The van der Waals surface area contributed by atoms with Gasteiger partial charge in [-0.2, -0.15) is 0 Å². The summed E-state index contributed by atoms with van der Waals surface area (Å²) in [4.78, 5) is 7.29. The number of H-pyrrole nitrogens is 1. The molecule has 0 saturated heterocycles. The second-order valence-corrected chi connectivity index (χ2v) is 4.26. The molecule has 2 rings (SSSR count). The van der Waals surface area contributed by atoms with Crippen molar-refractivity contribution in [3.8, 4) is 17.0 Å². The Hall–Kier alpha value is -1.68. The number of rotatable bonds is 2. The summed E-state index contributed by atoms with van der Waals surface area (Å²) in [5, 5.41) is 0. The molecule has 0 aliphatic carbocycles. The lowest BCUT2D eigenvalue weighted by atomic mass is 10.0. The second kappa shape index (κ2) is 4.67. The summed E-state index contributed by atoms with van der Waals surface area (Å²) in [5.74, 6) is 0.836. The second-order valence-electron chi connectivity index (χ2n) is 3.86. The van der Waals surface area contributed by atoms with Crippen molar-refractivity contribution in [1.82, 2.24) is 9.97 Å². The topological polar surface area (TPSA) is 37.9 Å². The smallest absolute Gasteiger partial charge is 0.131 e. The third-order valence-electron chi connectivity index (χ3n) is 2.84. The summed E-state index contributed by atoms with van der Waals surface area (Å²) in [6.45, 7) is 4.09. The standard InChI is InChI=1S/C13H14N2OS/c1-8-4-5-10(12(16-3)9(8)2)11-13(17)15-7-6-14-11/h4-7H,1-3H3,(H,15,17). The summed E-state index contributed by atoms with van der Waals surface area (Å²) in [5.41, 5.74) is 3.99. The van der Waals surface area contributed by atoms with E-state index in [-0.39, 0.29) is 0 Å².